The van der Waals surface area contributed by atoms with E-state index in [1.54, 1.807) is 0 Å². The van der Waals surface area contributed by atoms with Crippen molar-refractivity contribution in [3.8, 4) is 0 Å². The molecule has 1 aromatic rings. The first-order valence-electron chi connectivity index (χ1n) is 6.10. The maximum Gasteiger partial charge on any atom is 0.230 e. The number of carbonyl (C=O) groups is 1. The van der Waals surface area contributed by atoms with E-state index in [1.807, 2.05) is 13.8 Å². The van der Waals surface area contributed by atoms with Gasteiger partial charge >= 0.3 is 0 Å². The van der Waals surface area contributed by atoms with Crippen molar-refractivity contribution < 1.29 is 4.79 Å². The topological polar surface area (TPSA) is 80.9 Å². The van der Waals surface area contributed by atoms with Crippen molar-refractivity contribution in [1.29, 1.82) is 0 Å². The highest BCUT2D eigenvalue weighted by Crippen LogP contribution is 2.23. The molecule has 0 unspecified atom stereocenters. The zero-order valence-electron chi connectivity index (χ0n) is 11.1. The fraction of sp³-hybridized carbons (Fsp3) is 0.583. The van der Waals surface area contributed by atoms with Gasteiger partial charge in [-0.2, -0.15) is 0 Å². The van der Waals surface area contributed by atoms with Crippen molar-refractivity contribution in [2.75, 3.05) is 18.0 Å². The van der Waals surface area contributed by atoms with E-state index in [0.29, 0.717) is 18.1 Å². The number of carbonyl (C=O) groups excluding carboxylic acids is 1. The molecule has 0 saturated carbocycles. The first-order chi connectivity index (χ1) is 8.58. The lowest BCUT2D eigenvalue weighted by Gasteiger charge is -2.09. The summed E-state index contributed by atoms with van der Waals surface area (Å²) in [5.74, 6) is 1.62. The first kappa shape index (κ1) is 14.8. The molecule has 6 heteroatoms. The number of nitrogen functional groups attached to an aromatic ring is 1. The highest BCUT2D eigenvalue weighted by atomic mass is 32.2. The summed E-state index contributed by atoms with van der Waals surface area (Å²) in [6, 6.07) is 0. The van der Waals surface area contributed by atoms with Crippen LogP contribution in [0.5, 0.6) is 0 Å². The van der Waals surface area contributed by atoms with Crippen LogP contribution in [0.3, 0.4) is 0 Å². The minimum atomic E-state index is 0.0103. The van der Waals surface area contributed by atoms with Crippen LogP contribution in [-0.2, 0) is 11.2 Å². The summed E-state index contributed by atoms with van der Waals surface area (Å²) in [6.07, 6.45) is 1.78. The Kier molecular flexibility index (Phi) is 5.91. The zero-order chi connectivity index (χ0) is 13.5. The number of nitrogens with zero attached hydrogens (tertiary/aromatic N) is 2. The van der Waals surface area contributed by atoms with E-state index in [2.05, 4.69) is 22.2 Å². The fourth-order valence-corrected chi connectivity index (χ4v) is 2.28. The smallest absolute Gasteiger partial charge is 0.230 e. The number of hydrogen-bond donors (Lipinski definition) is 2. The van der Waals surface area contributed by atoms with Crippen molar-refractivity contribution in [1.82, 2.24) is 15.3 Å². The molecule has 0 saturated heterocycles. The normalized spacial score (nSPS) is 10.4. The molecule has 1 heterocycles. The Morgan fingerprint density at radius 1 is 1.39 bits per heavy atom. The van der Waals surface area contributed by atoms with Crippen LogP contribution in [0.25, 0.3) is 0 Å². The van der Waals surface area contributed by atoms with Gasteiger partial charge in [0.2, 0.25) is 5.91 Å². The SMILES string of the molecule is CCCc1nc(N)c(C)c(SCC(=O)NCC)n1. The lowest BCUT2D eigenvalue weighted by molar-refractivity contribution is -0.118. The molecule has 0 aliphatic rings. The van der Waals surface area contributed by atoms with Crippen molar-refractivity contribution in [2.45, 2.75) is 38.6 Å². The summed E-state index contributed by atoms with van der Waals surface area (Å²) >= 11 is 1.41. The molecule has 1 aromatic heterocycles. The monoisotopic (exact) mass is 268 g/mol. The molecule has 1 rings (SSSR count). The molecule has 0 spiro atoms. The van der Waals surface area contributed by atoms with Gasteiger partial charge in [0, 0.05) is 18.5 Å². The summed E-state index contributed by atoms with van der Waals surface area (Å²) in [6.45, 7) is 6.49. The minimum Gasteiger partial charge on any atom is -0.383 e. The number of thioether (sulfide) groups is 1. The number of aromatic nitrogens is 2. The second-order valence-electron chi connectivity index (χ2n) is 3.95. The predicted octanol–water partition coefficient (Wildman–Crippen LogP) is 1.55. The van der Waals surface area contributed by atoms with E-state index in [4.69, 9.17) is 5.73 Å². The number of rotatable bonds is 6. The van der Waals surface area contributed by atoms with E-state index in [1.165, 1.54) is 11.8 Å². The van der Waals surface area contributed by atoms with Gasteiger partial charge < -0.3 is 11.1 Å². The predicted molar refractivity (Wildman–Crippen MR) is 74.6 cm³/mol. The molecule has 0 aliphatic heterocycles. The summed E-state index contributed by atoms with van der Waals surface area (Å²) in [4.78, 5) is 20.1. The first-order valence-corrected chi connectivity index (χ1v) is 7.09. The Hall–Kier alpha value is -1.30. The van der Waals surface area contributed by atoms with Crippen LogP contribution in [0.1, 0.15) is 31.7 Å². The van der Waals surface area contributed by atoms with Crippen LogP contribution < -0.4 is 11.1 Å². The van der Waals surface area contributed by atoms with Crippen LogP contribution in [0.2, 0.25) is 0 Å². The van der Waals surface area contributed by atoms with E-state index >= 15 is 0 Å². The average Bonchev–Trinajstić information content (AvgIpc) is 2.32. The van der Waals surface area contributed by atoms with Gasteiger partial charge in [0.25, 0.3) is 0 Å². The van der Waals surface area contributed by atoms with Crippen LogP contribution in [0.15, 0.2) is 5.03 Å². The molecule has 0 bridgehead atoms. The van der Waals surface area contributed by atoms with E-state index in [-0.39, 0.29) is 5.91 Å². The summed E-state index contributed by atoms with van der Waals surface area (Å²) in [7, 11) is 0. The fourth-order valence-electron chi connectivity index (χ4n) is 1.42. The number of aryl methyl sites for hydroxylation is 1. The third-order valence-corrected chi connectivity index (χ3v) is 3.45. The van der Waals surface area contributed by atoms with Crippen LogP contribution in [0.4, 0.5) is 5.82 Å². The highest BCUT2D eigenvalue weighted by Gasteiger charge is 2.10. The second kappa shape index (κ2) is 7.20. The van der Waals surface area contributed by atoms with Crippen molar-refractivity contribution in [3.63, 3.8) is 0 Å². The second-order valence-corrected chi connectivity index (χ2v) is 4.91. The standard InChI is InChI=1S/C12H20N4OS/c1-4-6-9-15-11(13)8(3)12(16-9)18-7-10(17)14-5-2/h4-7H2,1-3H3,(H,14,17)(H2,13,15,16). The lowest BCUT2D eigenvalue weighted by Crippen LogP contribution is -2.24. The number of hydrogen-bond acceptors (Lipinski definition) is 5. The van der Waals surface area contributed by atoms with Crippen LogP contribution in [0, 0.1) is 6.92 Å². The molecule has 5 nitrogen and oxygen atoms in total. The average molecular weight is 268 g/mol. The van der Waals surface area contributed by atoms with Crippen molar-refractivity contribution >= 4 is 23.5 Å². The van der Waals surface area contributed by atoms with Gasteiger partial charge in [-0.05, 0) is 20.3 Å². The van der Waals surface area contributed by atoms with Gasteiger partial charge in [-0.1, -0.05) is 18.7 Å². The minimum absolute atomic E-state index is 0.0103. The number of amides is 1. The highest BCUT2D eigenvalue weighted by molar-refractivity contribution is 7.99. The molecular weight excluding hydrogens is 248 g/mol. The van der Waals surface area contributed by atoms with E-state index in [9.17, 15) is 4.79 Å². The number of nitrogens with two attached hydrogens (primary N) is 1. The van der Waals surface area contributed by atoms with Crippen molar-refractivity contribution in [3.05, 3.63) is 11.4 Å². The lowest BCUT2D eigenvalue weighted by atomic mass is 10.3. The van der Waals surface area contributed by atoms with Gasteiger partial charge in [-0.25, -0.2) is 9.97 Å². The molecule has 0 aliphatic carbocycles. The molecule has 0 fully saturated rings. The molecule has 18 heavy (non-hydrogen) atoms. The molecule has 0 radical (unpaired) electrons. The van der Waals surface area contributed by atoms with Crippen LogP contribution in [-0.4, -0.2) is 28.2 Å². The Morgan fingerprint density at radius 2 is 2.11 bits per heavy atom. The van der Waals surface area contributed by atoms with Gasteiger partial charge in [-0.15, -0.1) is 0 Å². The molecular formula is C12H20N4OS. The number of nitrogens with one attached hydrogen (secondary N) is 1. The molecule has 3 N–H and O–H groups in total. The molecule has 0 atom stereocenters. The van der Waals surface area contributed by atoms with Crippen LogP contribution >= 0.6 is 11.8 Å². The Morgan fingerprint density at radius 3 is 2.72 bits per heavy atom. The summed E-state index contributed by atoms with van der Waals surface area (Å²) < 4.78 is 0. The molecule has 0 aromatic carbocycles. The van der Waals surface area contributed by atoms with Gasteiger partial charge in [0.15, 0.2) is 0 Å². The van der Waals surface area contributed by atoms with Gasteiger partial charge in [0.05, 0.1) is 5.75 Å². The molecule has 100 valence electrons. The van der Waals surface area contributed by atoms with E-state index in [0.717, 1.165) is 29.3 Å². The van der Waals surface area contributed by atoms with E-state index < -0.39 is 0 Å². The summed E-state index contributed by atoms with van der Waals surface area (Å²) in [5, 5.41) is 3.56. The molecule has 1 amide bonds. The quantitative estimate of drug-likeness (QED) is 0.604. The Bertz CT molecular complexity index is 423. The maximum absolute atomic E-state index is 11.4. The summed E-state index contributed by atoms with van der Waals surface area (Å²) in [5.41, 5.74) is 6.70. The third-order valence-electron chi connectivity index (χ3n) is 2.37. The maximum atomic E-state index is 11.4. The van der Waals surface area contributed by atoms with Gasteiger partial charge in [-0.3, -0.25) is 4.79 Å². The van der Waals surface area contributed by atoms with Crippen molar-refractivity contribution in [2.24, 2.45) is 0 Å². The Labute approximate surface area is 112 Å². The largest absolute Gasteiger partial charge is 0.383 e. The third kappa shape index (κ3) is 4.18. The number of anilines is 1. The zero-order valence-corrected chi connectivity index (χ0v) is 11.9. The van der Waals surface area contributed by atoms with Gasteiger partial charge in [0.1, 0.15) is 16.7 Å². The Balaban J connectivity index is 2.77.